The second-order valence-electron chi connectivity index (χ2n) is 4.60. The number of carbonyl (C=O) groups is 2. The highest BCUT2D eigenvalue weighted by Gasteiger charge is 2.20. The van der Waals surface area contributed by atoms with Gasteiger partial charge in [0.05, 0.1) is 13.0 Å². The first-order chi connectivity index (χ1) is 9.97. The molecule has 0 bridgehead atoms. The van der Waals surface area contributed by atoms with Crippen molar-refractivity contribution in [1.29, 1.82) is 0 Å². The maximum atomic E-state index is 12.1. The predicted molar refractivity (Wildman–Crippen MR) is 88.1 cm³/mol. The summed E-state index contributed by atoms with van der Waals surface area (Å²) in [6, 6.07) is 7.47. The zero-order valence-electron chi connectivity index (χ0n) is 12.5. The first-order valence-electron chi connectivity index (χ1n) is 6.71. The maximum absolute atomic E-state index is 12.1. The summed E-state index contributed by atoms with van der Waals surface area (Å²) in [5.41, 5.74) is 0. The topological polar surface area (TPSA) is 55.8 Å². The second-order valence-corrected chi connectivity index (χ2v) is 5.84. The summed E-state index contributed by atoms with van der Waals surface area (Å²) in [5.74, 6) is -0.162. The molecule has 1 aromatic carbocycles. The van der Waals surface area contributed by atoms with Gasteiger partial charge in [0.15, 0.2) is 6.61 Å². The van der Waals surface area contributed by atoms with Crippen LogP contribution in [0.1, 0.15) is 13.8 Å². The van der Waals surface area contributed by atoms with E-state index in [1.807, 2.05) is 31.2 Å². The fourth-order valence-corrected chi connectivity index (χ4v) is 2.14. The van der Waals surface area contributed by atoms with Crippen molar-refractivity contribution >= 4 is 34.5 Å². The molecule has 0 aliphatic carbocycles. The zero-order valence-corrected chi connectivity index (χ0v) is 14.6. The third-order valence-electron chi connectivity index (χ3n) is 3.01. The van der Waals surface area contributed by atoms with E-state index >= 15 is 0 Å². The molecule has 1 aromatic rings. The van der Waals surface area contributed by atoms with Crippen LogP contribution in [0.5, 0.6) is 5.75 Å². The highest BCUT2D eigenvalue weighted by molar-refractivity contribution is 14.1. The molecule has 0 saturated carbocycles. The van der Waals surface area contributed by atoms with Crippen LogP contribution in [0.2, 0.25) is 0 Å². The molecule has 1 atom stereocenters. The number of carbonyl (C=O) groups excluding carboxylic acids is 2. The number of hydrogen-bond donors (Lipinski definition) is 0. The summed E-state index contributed by atoms with van der Waals surface area (Å²) in [4.78, 5) is 25.1. The fourth-order valence-electron chi connectivity index (χ4n) is 1.78. The van der Waals surface area contributed by atoms with Crippen LogP contribution in [0.15, 0.2) is 24.3 Å². The zero-order chi connectivity index (χ0) is 15.8. The van der Waals surface area contributed by atoms with E-state index in [-0.39, 0.29) is 24.4 Å². The van der Waals surface area contributed by atoms with Gasteiger partial charge in [-0.2, -0.15) is 0 Å². The second kappa shape index (κ2) is 8.86. The van der Waals surface area contributed by atoms with Gasteiger partial charge in [0.25, 0.3) is 5.91 Å². The van der Waals surface area contributed by atoms with Crippen LogP contribution in [0, 0.1) is 9.49 Å². The average Bonchev–Trinajstić information content (AvgIpc) is 2.50. The van der Waals surface area contributed by atoms with E-state index in [0.29, 0.717) is 18.8 Å². The number of methoxy groups -OCH3 is 1. The molecule has 0 saturated heterocycles. The molecule has 0 radical (unpaired) electrons. The van der Waals surface area contributed by atoms with Crippen molar-refractivity contribution in [3.05, 3.63) is 27.8 Å². The Bertz CT molecular complexity index is 475. The summed E-state index contributed by atoms with van der Waals surface area (Å²) < 4.78 is 11.2. The molecule has 5 nitrogen and oxygen atoms in total. The highest BCUT2D eigenvalue weighted by atomic mass is 127. The number of rotatable bonds is 7. The largest absolute Gasteiger partial charge is 0.484 e. The van der Waals surface area contributed by atoms with Crippen molar-refractivity contribution in [3.8, 4) is 5.75 Å². The van der Waals surface area contributed by atoms with E-state index in [1.54, 1.807) is 11.8 Å². The van der Waals surface area contributed by atoms with Gasteiger partial charge in [-0.3, -0.25) is 9.59 Å². The summed E-state index contributed by atoms with van der Waals surface area (Å²) in [5, 5.41) is 0. The molecule has 116 valence electrons. The van der Waals surface area contributed by atoms with Gasteiger partial charge >= 0.3 is 5.97 Å². The van der Waals surface area contributed by atoms with Crippen LogP contribution in [0.25, 0.3) is 0 Å². The molecule has 0 aromatic heterocycles. The SMILES string of the molecule is CCN(CC(C)C(=O)OC)C(=O)COc1ccc(I)cc1. The quantitative estimate of drug-likeness (QED) is 0.516. The molecule has 0 spiro atoms. The lowest BCUT2D eigenvalue weighted by molar-refractivity contribution is -0.146. The Morgan fingerprint density at radius 1 is 1.29 bits per heavy atom. The van der Waals surface area contributed by atoms with Crippen molar-refractivity contribution in [1.82, 2.24) is 4.90 Å². The smallest absolute Gasteiger partial charge is 0.310 e. The molecule has 0 fully saturated rings. The van der Waals surface area contributed by atoms with Gasteiger partial charge in [0.1, 0.15) is 5.75 Å². The van der Waals surface area contributed by atoms with Gasteiger partial charge in [0, 0.05) is 16.7 Å². The molecule has 1 unspecified atom stereocenters. The molecule has 6 heteroatoms. The molecular weight excluding hydrogens is 385 g/mol. The van der Waals surface area contributed by atoms with Crippen molar-refractivity contribution in [2.24, 2.45) is 5.92 Å². The number of likely N-dealkylation sites (N-methyl/N-ethyl adjacent to an activating group) is 1. The van der Waals surface area contributed by atoms with Crippen molar-refractivity contribution in [3.63, 3.8) is 0 Å². The molecule has 1 amide bonds. The van der Waals surface area contributed by atoms with Crippen molar-refractivity contribution in [2.45, 2.75) is 13.8 Å². The number of esters is 1. The number of ether oxygens (including phenoxy) is 2. The summed E-state index contributed by atoms with van der Waals surface area (Å²) in [7, 11) is 1.34. The van der Waals surface area contributed by atoms with Crippen LogP contribution < -0.4 is 4.74 Å². The molecular formula is C15H20INO4. The Labute approximate surface area is 138 Å². The fraction of sp³-hybridized carbons (Fsp3) is 0.467. The lowest BCUT2D eigenvalue weighted by Gasteiger charge is -2.23. The highest BCUT2D eigenvalue weighted by Crippen LogP contribution is 2.13. The number of hydrogen-bond acceptors (Lipinski definition) is 4. The summed E-state index contributed by atoms with van der Waals surface area (Å²) >= 11 is 2.20. The Hall–Kier alpha value is -1.31. The van der Waals surface area contributed by atoms with Crippen LogP contribution in [0.4, 0.5) is 0 Å². The lowest BCUT2D eigenvalue weighted by Crippen LogP contribution is -2.39. The summed E-state index contributed by atoms with van der Waals surface area (Å²) in [6.07, 6.45) is 0. The van der Waals surface area contributed by atoms with Crippen LogP contribution >= 0.6 is 22.6 Å². The Kier molecular flexibility index (Phi) is 7.49. The molecule has 21 heavy (non-hydrogen) atoms. The van der Waals surface area contributed by atoms with Crippen molar-refractivity contribution in [2.75, 3.05) is 26.8 Å². The van der Waals surface area contributed by atoms with Gasteiger partial charge in [-0.05, 0) is 53.8 Å². The van der Waals surface area contributed by atoms with Crippen LogP contribution in [-0.4, -0.2) is 43.6 Å². The third-order valence-corrected chi connectivity index (χ3v) is 3.73. The van der Waals surface area contributed by atoms with E-state index < -0.39 is 0 Å². The normalized spacial score (nSPS) is 11.6. The van der Waals surface area contributed by atoms with Gasteiger partial charge < -0.3 is 14.4 Å². The molecule has 0 N–H and O–H groups in total. The van der Waals surface area contributed by atoms with Crippen LogP contribution in [-0.2, 0) is 14.3 Å². The maximum Gasteiger partial charge on any atom is 0.310 e. The Morgan fingerprint density at radius 3 is 2.43 bits per heavy atom. The van der Waals surface area contributed by atoms with E-state index in [2.05, 4.69) is 27.3 Å². The predicted octanol–water partition coefficient (Wildman–Crippen LogP) is 2.33. The first kappa shape index (κ1) is 17.7. The first-order valence-corrected chi connectivity index (χ1v) is 7.79. The minimum Gasteiger partial charge on any atom is -0.484 e. The monoisotopic (exact) mass is 405 g/mol. The number of amides is 1. The van der Waals surface area contributed by atoms with Gasteiger partial charge in [-0.1, -0.05) is 6.92 Å². The Balaban J connectivity index is 2.51. The van der Waals surface area contributed by atoms with E-state index in [0.717, 1.165) is 3.57 Å². The minimum absolute atomic E-state index is 0.0394. The molecule has 0 aliphatic heterocycles. The Morgan fingerprint density at radius 2 is 1.90 bits per heavy atom. The van der Waals surface area contributed by atoms with Gasteiger partial charge in [-0.15, -0.1) is 0 Å². The third kappa shape index (κ3) is 5.91. The number of benzene rings is 1. The van der Waals surface area contributed by atoms with E-state index in [4.69, 9.17) is 4.74 Å². The molecule has 1 rings (SSSR count). The standard InChI is InChI=1S/C15H20INO4/c1-4-17(9-11(2)15(19)20-3)14(18)10-21-13-7-5-12(16)6-8-13/h5-8,11H,4,9-10H2,1-3H3. The van der Waals surface area contributed by atoms with E-state index in [1.165, 1.54) is 7.11 Å². The van der Waals surface area contributed by atoms with Crippen LogP contribution in [0.3, 0.4) is 0 Å². The average molecular weight is 405 g/mol. The minimum atomic E-state index is -0.350. The lowest BCUT2D eigenvalue weighted by atomic mass is 10.1. The number of halogens is 1. The molecule has 0 heterocycles. The summed E-state index contributed by atoms with van der Waals surface area (Å²) in [6.45, 7) is 4.42. The van der Waals surface area contributed by atoms with Gasteiger partial charge in [-0.25, -0.2) is 0 Å². The molecule has 0 aliphatic rings. The number of nitrogens with zero attached hydrogens (tertiary/aromatic N) is 1. The van der Waals surface area contributed by atoms with Gasteiger partial charge in [0.2, 0.25) is 0 Å². The van der Waals surface area contributed by atoms with Crippen molar-refractivity contribution < 1.29 is 19.1 Å². The van der Waals surface area contributed by atoms with E-state index in [9.17, 15) is 9.59 Å².